The molecule has 0 bridgehead atoms. The van der Waals surface area contributed by atoms with Gasteiger partial charge in [0, 0.05) is 16.6 Å². The summed E-state index contributed by atoms with van der Waals surface area (Å²) in [7, 11) is 0. The monoisotopic (exact) mass is 423 g/mol. The van der Waals surface area contributed by atoms with Crippen LogP contribution < -0.4 is 10.1 Å². The Labute approximate surface area is 179 Å². The second kappa shape index (κ2) is 8.68. The van der Waals surface area contributed by atoms with Gasteiger partial charge in [-0.1, -0.05) is 42.3 Å². The summed E-state index contributed by atoms with van der Waals surface area (Å²) in [5, 5.41) is 5.26. The molecule has 0 radical (unpaired) electrons. The van der Waals surface area contributed by atoms with Crippen molar-refractivity contribution in [2.45, 2.75) is 13.3 Å². The Morgan fingerprint density at radius 1 is 0.897 bits per heavy atom. The van der Waals surface area contributed by atoms with Crippen molar-refractivity contribution in [3.8, 4) is 17.1 Å². The Hall–Kier alpha value is -2.82. The third-order valence-corrected chi connectivity index (χ3v) is 5.11. The molecule has 0 saturated heterocycles. The van der Waals surface area contributed by atoms with Crippen LogP contribution in [0.4, 0.5) is 11.5 Å². The lowest BCUT2D eigenvalue weighted by atomic mass is 10.1. The molecule has 1 N–H and O–H groups in total. The van der Waals surface area contributed by atoms with E-state index in [0.717, 1.165) is 34.3 Å². The summed E-state index contributed by atoms with van der Waals surface area (Å²) in [4.78, 5) is 9.50. The number of nitrogens with one attached hydrogen (secondary N) is 1. The zero-order valence-corrected chi connectivity index (χ0v) is 17.3. The first-order valence-corrected chi connectivity index (χ1v) is 10.1. The van der Waals surface area contributed by atoms with Crippen LogP contribution >= 0.6 is 23.2 Å². The van der Waals surface area contributed by atoms with Crippen LogP contribution in [0.2, 0.25) is 10.0 Å². The molecule has 3 aromatic carbocycles. The fraction of sp³-hybridized carbons (Fsp3) is 0.130. The molecule has 6 heteroatoms. The molecule has 0 unspecified atom stereocenters. The Balaban J connectivity index is 1.73. The zero-order chi connectivity index (χ0) is 20.2. The van der Waals surface area contributed by atoms with Crippen molar-refractivity contribution in [2.75, 3.05) is 11.9 Å². The minimum Gasteiger partial charge on any atom is -0.494 e. The third kappa shape index (κ3) is 4.44. The van der Waals surface area contributed by atoms with Gasteiger partial charge in [0.2, 0.25) is 0 Å². The van der Waals surface area contributed by atoms with Crippen LogP contribution in [-0.4, -0.2) is 16.6 Å². The lowest BCUT2D eigenvalue weighted by Gasteiger charge is -2.12. The van der Waals surface area contributed by atoms with Crippen molar-refractivity contribution in [3.63, 3.8) is 0 Å². The number of anilines is 2. The Morgan fingerprint density at radius 3 is 2.45 bits per heavy atom. The predicted molar refractivity (Wildman–Crippen MR) is 121 cm³/mol. The van der Waals surface area contributed by atoms with E-state index < -0.39 is 0 Å². The topological polar surface area (TPSA) is 47.0 Å². The summed E-state index contributed by atoms with van der Waals surface area (Å²) in [6.45, 7) is 2.78. The summed E-state index contributed by atoms with van der Waals surface area (Å²) in [6, 6.07) is 21.1. The molecule has 0 aliphatic rings. The van der Waals surface area contributed by atoms with Crippen LogP contribution in [-0.2, 0) is 0 Å². The van der Waals surface area contributed by atoms with Crippen LogP contribution in [0.25, 0.3) is 22.3 Å². The van der Waals surface area contributed by atoms with Gasteiger partial charge in [0.1, 0.15) is 11.6 Å². The highest BCUT2D eigenvalue weighted by atomic mass is 35.5. The van der Waals surface area contributed by atoms with Crippen LogP contribution in [0.15, 0.2) is 66.7 Å². The molecule has 0 aliphatic heterocycles. The number of rotatable bonds is 6. The summed E-state index contributed by atoms with van der Waals surface area (Å²) in [6.07, 6.45) is 0.972. The van der Waals surface area contributed by atoms with Gasteiger partial charge in [-0.25, -0.2) is 9.97 Å². The van der Waals surface area contributed by atoms with Gasteiger partial charge in [-0.3, -0.25) is 0 Å². The lowest BCUT2D eigenvalue weighted by molar-refractivity contribution is 0.317. The van der Waals surface area contributed by atoms with Gasteiger partial charge in [0.05, 0.1) is 22.2 Å². The molecule has 0 atom stereocenters. The molecule has 29 heavy (non-hydrogen) atoms. The maximum atomic E-state index is 6.16. The minimum absolute atomic E-state index is 0.484. The average Bonchev–Trinajstić information content (AvgIpc) is 2.75. The largest absolute Gasteiger partial charge is 0.494 e. The van der Waals surface area contributed by atoms with Gasteiger partial charge in [-0.15, -0.1) is 0 Å². The van der Waals surface area contributed by atoms with Gasteiger partial charge in [0.25, 0.3) is 0 Å². The zero-order valence-electron chi connectivity index (χ0n) is 15.8. The number of hydrogen-bond acceptors (Lipinski definition) is 4. The van der Waals surface area contributed by atoms with Crippen LogP contribution in [0.1, 0.15) is 13.3 Å². The highest BCUT2D eigenvalue weighted by Gasteiger charge is 2.11. The number of nitrogens with zero attached hydrogens (tertiary/aromatic N) is 2. The Kier molecular flexibility index (Phi) is 5.84. The molecule has 1 aromatic heterocycles. The molecule has 146 valence electrons. The quantitative estimate of drug-likeness (QED) is 0.358. The van der Waals surface area contributed by atoms with E-state index in [-0.39, 0.29) is 0 Å². The molecule has 4 nitrogen and oxygen atoms in total. The summed E-state index contributed by atoms with van der Waals surface area (Å²) >= 11 is 12.2. The fourth-order valence-electron chi connectivity index (χ4n) is 2.93. The molecule has 0 saturated carbocycles. The van der Waals surface area contributed by atoms with Crippen molar-refractivity contribution in [1.82, 2.24) is 9.97 Å². The number of fused-ring (bicyclic) bond motifs is 1. The van der Waals surface area contributed by atoms with Gasteiger partial charge in [-0.2, -0.15) is 0 Å². The van der Waals surface area contributed by atoms with E-state index in [1.807, 2.05) is 54.6 Å². The predicted octanol–water partition coefficient (Wildman–Crippen LogP) is 7.14. The highest BCUT2D eigenvalue weighted by Crippen LogP contribution is 2.30. The maximum Gasteiger partial charge on any atom is 0.162 e. The van der Waals surface area contributed by atoms with Crippen LogP contribution in [0.5, 0.6) is 5.75 Å². The normalized spacial score (nSPS) is 10.9. The number of benzene rings is 3. The first-order chi connectivity index (χ1) is 14.1. The van der Waals surface area contributed by atoms with Crippen molar-refractivity contribution in [2.24, 2.45) is 0 Å². The number of para-hydroxylation sites is 1. The molecular weight excluding hydrogens is 405 g/mol. The van der Waals surface area contributed by atoms with Crippen molar-refractivity contribution in [3.05, 3.63) is 76.8 Å². The standard InChI is InChI=1S/C23H19Cl2N3O/c1-2-13-29-17-10-7-15(8-11-17)22-27-21-6-4-3-5-18(21)23(28-22)26-16-9-12-19(24)20(25)14-16/h3-12,14H,2,13H2,1H3,(H,26,27,28). The van der Waals surface area contributed by atoms with E-state index in [9.17, 15) is 0 Å². The van der Waals surface area contributed by atoms with E-state index in [1.54, 1.807) is 12.1 Å². The molecule has 0 aliphatic carbocycles. The Morgan fingerprint density at radius 2 is 1.69 bits per heavy atom. The minimum atomic E-state index is 0.484. The van der Waals surface area contributed by atoms with Crippen LogP contribution in [0.3, 0.4) is 0 Å². The number of aromatic nitrogens is 2. The van der Waals surface area contributed by atoms with Crippen molar-refractivity contribution >= 4 is 45.6 Å². The van der Waals surface area contributed by atoms with Gasteiger partial charge in [0.15, 0.2) is 5.82 Å². The second-order valence-electron chi connectivity index (χ2n) is 6.54. The number of halogens is 2. The summed E-state index contributed by atoms with van der Waals surface area (Å²) in [5.74, 6) is 2.18. The van der Waals surface area contributed by atoms with Gasteiger partial charge >= 0.3 is 0 Å². The van der Waals surface area contributed by atoms with E-state index in [2.05, 4.69) is 12.2 Å². The average molecular weight is 424 g/mol. The number of ether oxygens (including phenoxy) is 1. The fourth-order valence-corrected chi connectivity index (χ4v) is 3.23. The first-order valence-electron chi connectivity index (χ1n) is 9.36. The number of hydrogen-bond donors (Lipinski definition) is 1. The van der Waals surface area contributed by atoms with Crippen molar-refractivity contribution in [1.29, 1.82) is 0 Å². The molecular formula is C23H19Cl2N3O. The SMILES string of the molecule is CCCOc1ccc(-c2nc(Nc3ccc(Cl)c(Cl)c3)c3ccccc3n2)cc1. The second-order valence-corrected chi connectivity index (χ2v) is 7.35. The van der Waals surface area contributed by atoms with E-state index in [4.69, 9.17) is 37.9 Å². The molecule has 0 fully saturated rings. The molecule has 0 amide bonds. The van der Waals surface area contributed by atoms with Gasteiger partial charge < -0.3 is 10.1 Å². The lowest BCUT2D eigenvalue weighted by Crippen LogP contribution is -2.00. The Bertz CT molecular complexity index is 1150. The van der Waals surface area contributed by atoms with E-state index in [1.165, 1.54) is 0 Å². The van der Waals surface area contributed by atoms with E-state index in [0.29, 0.717) is 28.3 Å². The molecule has 4 rings (SSSR count). The molecule has 1 heterocycles. The van der Waals surface area contributed by atoms with Gasteiger partial charge in [-0.05, 0) is 61.0 Å². The highest BCUT2D eigenvalue weighted by molar-refractivity contribution is 6.42. The molecule has 0 spiro atoms. The van der Waals surface area contributed by atoms with Crippen LogP contribution in [0, 0.1) is 0 Å². The maximum absolute atomic E-state index is 6.16. The van der Waals surface area contributed by atoms with E-state index >= 15 is 0 Å². The molecule has 4 aromatic rings. The summed E-state index contributed by atoms with van der Waals surface area (Å²) < 4.78 is 5.66. The smallest absolute Gasteiger partial charge is 0.162 e. The third-order valence-electron chi connectivity index (χ3n) is 4.37. The van der Waals surface area contributed by atoms with Crippen molar-refractivity contribution < 1.29 is 4.74 Å². The summed E-state index contributed by atoms with van der Waals surface area (Å²) in [5.41, 5.74) is 2.57. The first kappa shape index (κ1) is 19.5.